The molecule has 0 saturated carbocycles. The Labute approximate surface area is 284 Å². The Morgan fingerprint density at radius 2 is 1.61 bits per heavy atom. The number of benzene rings is 3. The van der Waals surface area contributed by atoms with Gasteiger partial charge in [-0.3, -0.25) is 14.3 Å². The van der Waals surface area contributed by atoms with Crippen LogP contribution in [0.2, 0.25) is 0 Å². The van der Waals surface area contributed by atoms with Crippen molar-refractivity contribution in [2.75, 3.05) is 34.9 Å². The van der Waals surface area contributed by atoms with Crippen LogP contribution in [0.25, 0.3) is 11.2 Å². The summed E-state index contributed by atoms with van der Waals surface area (Å²) in [7, 11) is 6.87. The molecule has 3 atom stereocenters. The Kier molecular flexibility index (Phi) is 9.77. The van der Waals surface area contributed by atoms with E-state index in [9.17, 15) is 9.90 Å². The average Bonchev–Trinajstić information content (AvgIpc) is 3.68. The summed E-state index contributed by atoms with van der Waals surface area (Å²) in [6.45, 7) is 1.69. The molecule has 0 radical (unpaired) electrons. The van der Waals surface area contributed by atoms with Crippen LogP contribution < -0.4 is 15.0 Å². The molecule has 1 saturated heterocycles. The van der Waals surface area contributed by atoms with Crippen molar-refractivity contribution in [3.63, 3.8) is 0 Å². The molecule has 1 aliphatic heterocycles. The first-order valence-corrected chi connectivity index (χ1v) is 15.7. The smallest absolute Gasteiger partial charge is 0.280 e. The number of aliphatic imine (C=N–C) groups is 1. The standard InChI is InChI=1S/C37H38N6O6/c1-6-10-31-39-33-34(40-36(41-35(33)45)38-23-42(2)3)43(31)32-21-29(44)30(49-32)22-48-37(24-11-8-7-9-12-24,25-13-17-27(46-4)18-14-25)26-15-19-28(47-5)20-16-26/h7-9,11-20,23,29-30,32,44H,21-22H2,1-5H3,(H,40,41,45)/b38-23+/t29-,30+,32+/m0/s1. The zero-order chi connectivity index (χ0) is 34.5. The number of rotatable bonds is 11. The summed E-state index contributed by atoms with van der Waals surface area (Å²) in [6.07, 6.45) is -0.689. The van der Waals surface area contributed by atoms with Crippen LogP contribution in [0.15, 0.2) is 88.6 Å². The minimum atomic E-state index is -1.10. The van der Waals surface area contributed by atoms with Crippen LogP contribution in [0.5, 0.6) is 11.5 Å². The molecular formula is C37H38N6O6. The number of H-pyrrole nitrogens is 1. The predicted octanol–water partition coefficient (Wildman–Crippen LogP) is 4.39. The van der Waals surface area contributed by atoms with Crippen molar-refractivity contribution in [1.29, 1.82) is 0 Å². The topological polar surface area (TPSA) is 136 Å². The van der Waals surface area contributed by atoms with Crippen molar-refractivity contribution in [3.05, 3.63) is 112 Å². The van der Waals surface area contributed by atoms with Crippen LogP contribution >= 0.6 is 0 Å². The van der Waals surface area contributed by atoms with Gasteiger partial charge in [-0.1, -0.05) is 60.5 Å². The van der Waals surface area contributed by atoms with Gasteiger partial charge >= 0.3 is 0 Å². The lowest BCUT2D eigenvalue weighted by atomic mass is 9.80. The molecule has 12 nitrogen and oxygen atoms in total. The summed E-state index contributed by atoms with van der Waals surface area (Å²) in [5, 5.41) is 11.4. The molecule has 252 valence electrons. The van der Waals surface area contributed by atoms with Gasteiger partial charge in [-0.15, -0.1) is 0 Å². The molecule has 3 heterocycles. The second-order valence-electron chi connectivity index (χ2n) is 11.7. The summed E-state index contributed by atoms with van der Waals surface area (Å²) in [5.74, 6) is 7.62. The molecule has 3 aromatic carbocycles. The minimum absolute atomic E-state index is 0.0123. The van der Waals surface area contributed by atoms with Crippen molar-refractivity contribution >= 4 is 23.5 Å². The van der Waals surface area contributed by atoms with E-state index in [-0.39, 0.29) is 36.0 Å². The van der Waals surface area contributed by atoms with Gasteiger partial charge in [-0.25, -0.2) is 9.98 Å². The van der Waals surface area contributed by atoms with Gasteiger partial charge in [0.2, 0.25) is 5.95 Å². The first-order chi connectivity index (χ1) is 23.8. The lowest BCUT2D eigenvalue weighted by molar-refractivity contribution is -0.0932. The van der Waals surface area contributed by atoms with Crippen LogP contribution in [0, 0.1) is 11.8 Å². The SMILES string of the molecule is CC#Cc1nc2c(=O)[nH]c(/N=C/N(C)C)nc2n1[C@H]1C[C@H](O)[C@@H](COC(c2ccccc2)(c2ccc(OC)cc2)c2ccc(OC)cc2)O1. The monoisotopic (exact) mass is 662 g/mol. The molecule has 2 aromatic heterocycles. The molecule has 0 aliphatic carbocycles. The number of nitrogens with zero attached hydrogens (tertiary/aromatic N) is 5. The zero-order valence-corrected chi connectivity index (χ0v) is 28.0. The Balaban J connectivity index is 1.39. The second kappa shape index (κ2) is 14.3. The summed E-state index contributed by atoms with van der Waals surface area (Å²) >= 11 is 0. The van der Waals surface area contributed by atoms with Crippen molar-refractivity contribution in [1.82, 2.24) is 24.4 Å². The molecule has 0 amide bonds. The number of hydrogen-bond acceptors (Lipinski definition) is 9. The Morgan fingerprint density at radius 1 is 1.00 bits per heavy atom. The minimum Gasteiger partial charge on any atom is -0.497 e. The maximum Gasteiger partial charge on any atom is 0.280 e. The molecule has 5 aromatic rings. The van der Waals surface area contributed by atoms with Gasteiger partial charge in [0.05, 0.1) is 33.3 Å². The van der Waals surface area contributed by atoms with Crippen molar-refractivity contribution in [3.8, 4) is 23.3 Å². The van der Waals surface area contributed by atoms with Gasteiger partial charge in [-0.2, -0.15) is 4.98 Å². The third kappa shape index (κ3) is 6.64. The fourth-order valence-corrected chi connectivity index (χ4v) is 5.98. The highest BCUT2D eigenvalue weighted by atomic mass is 16.6. The number of ether oxygens (including phenoxy) is 4. The lowest BCUT2D eigenvalue weighted by Gasteiger charge is -2.37. The third-order valence-electron chi connectivity index (χ3n) is 8.32. The molecular weight excluding hydrogens is 624 g/mol. The number of hydrogen-bond donors (Lipinski definition) is 2. The number of fused-ring (bicyclic) bond motifs is 1. The van der Waals surface area contributed by atoms with Crippen LogP contribution in [0.4, 0.5) is 5.95 Å². The average molecular weight is 663 g/mol. The fraction of sp³-hybridized carbons (Fsp3) is 0.297. The fourth-order valence-electron chi connectivity index (χ4n) is 5.98. The normalized spacial score (nSPS) is 17.6. The van der Waals surface area contributed by atoms with E-state index < -0.39 is 29.6 Å². The van der Waals surface area contributed by atoms with Crippen molar-refractivity contribution in [2.24, 2.45) is 4.99 Å². The molecule has 0 spiro atoms. The summed E-state index contributed by atoms with van der Waals surface area (Å²) in [6, 6.07) is 25.3. The maximum absolute atomic E-state index is 13.0. The van der Waals surface area contributed by atoms with Crippen LogP contribution in [0.1, 0.15) is 42.1 Å². The molecule has 2 N–H and O–H groups in total. The molecule has 1 fully saturated rings. The Morgan fingerprint density at radius 3 is 2.18 bits per heavy atom. The van der Waals surface area contributed by atoms with Crippen LogP contribution in [-0.4, -0.2) is 83.0 Å². The number of imidazole rings is 1. The van der Waals surface area contributed by atoms with E-state index in [1.807, 2.05) is 93.0 Å². The molecule has 0 unspecified atom stereocenters. The molecule has 12 heteroatoms. The molecule has 1 aliphatic rings. The zero-order valence-electron chi connectivity index (χ0n) is 28.0. The third-order valence-corrected chi connectivity index (χ3v) is 8.32. The highest BCUT2D eigenvalue weighted by Crippen LogP contribution is 2.43. The summed E-state index contributed by atoms with van der Waals surface area (Å²) in [4.78, 5) is 30.7. The lowest BCUT2D eigenvalue weighted by Crippen LogP contribution is -2.38. The van der Waals surface area contributed by atoms with E-state index in [0.29, 0.717) is 11.5 Å². The van der Waals surface area contributed by atoms with E-state index >= 15 is 0 Å². The molecule has 0 bridgehead atoms. The summed E-state index contributed by atoms with van der Waals surface area (Å²) < 4.78 is 26.1. The van der Waals surface area contributed by atoms with Crippen molar-refractivity contribution in [2.45, 2.75) is 37.4 Å². The predicted molar refractivity (Wildman–Crippen MR) is 185 cm³/mol. The van der Waals surface area contributed by atoms with E-state index in [1.54, 1.807) is 30.6 Å². The highest BCUT2D eigenvalue weighted by Gasteiger charge is 2.42. The van der Waals surface area contributed by atoms with Gasteiger partial charge in [0.1, 0.15) is 29.4 Å². The van der Waals surface area contributed by atoms with E-state index in [1.165, 1.54) is 6.34 Å². The largest absolute Gasteiger partial charge is 0.497 e. The highest BCUT2D eigenvalue weighted by molar-refractivity contribution is 5.73. The first kappa shape index (κ1) is 33.4. The van der Waals surface area contributed by atoms with Gasteiger partial charge in [0, 0.05) is 20.5 Å². The van der Waals surface area contributed by atoms with Gasteiger partial charge < -0.3 is 29.0 Å². The molecule has 6 rings (SSSR count). The maximum atomic E-state index is 13.0. The van der Waals surface area contributed by atoms with Gasteiger partial charge in [-0.05, 0) is 53.8 Å². The van der Waals surface area contributed by atoms with E-state index in [0.717, 1.165) is 16.7 Å². The quantitative estimate of drug-likeness (QED) is 0.0914. The van der Waals surface area contributed by atoms with E-state index in [4.69, 9.17) is 18.9 Å². The van der Waals surface area contributed by atoms with Gasteiger partial charge in [0.25, 0.3) is 5.56 Å². The number of aliphatic hydroxyl groups excluding tert-OH is 1. The second-order valence-corrected chi connectivity index (χ2v) is 11.7. The van der Waals surface area contributed by atoms with Crippen LogP contribution in [0.3, 0.4) is 0 Å². The Hall–Kier alpha value is -5.48. The van der Waals surface area contributed by atoms with Crippen LogP contribution in [-0.2, 0) is 15.1 Å². The van der Waals surface area contributed by atoms with Gasteiger partial charge in [0.15, 0.2) is 17.0 Å². The number of methoxy groups -OCH3 is 2. The number of nitrogens with one attached hydrogen (secondary N) is 1. The number of aromatic amines is 1. The number of aromatic nitrogens is 4. The van der Waals surface area contributed by atoms with Crippen molar-refractivity contribution < 1.29 is 24.1 Å². The number of aliphatic hydroxyl groups is 1. The van der Waals surface area contributed by atoms with E-state index in [2.05, 4.69) is 31.8 Å². The Bertz CT molecular complexity index is 2000. The molecule has 49 heavy (non-hydrogen) atoms. The summed E-state index contributed by atoms with van der Waals surface area (Å²) in [5.41, 5.74) is 1.37. The first-order valence-electron chi connectivity index (χ1n) is 15.7.